The van der Waals surface area contributed by atoms with Gasteiger partial charge in [0.15, 0.2) is 0 Å². The van der Waals surface area contributed by atoms with Crippen LogP contribution in [0.2, 0.25) is 5.02 Å². The summed E-state index contributed by atoms with van der Waals surface area (Å²) in [5.41, 5.74) is 2.32. The van der Waals surface area contributed by atoms with Crippen LogP contribution in [0.4, 0.5) is 0 Å². The highest BCUT2D eigenvalue weighted by Gasteiger charge is 2.10. The van der Waals surface area contributed by atoms with Gasteiger partial charge in [-0.3, -0.25) is 0 Å². The minimum atomic E-state index is 0.758. The Hall–Kier alpha value is -0.510. The Bertz CT molecular complexity index is 491. The topological polar surface area (TPSA) is 12.9 Å². The summed E-state index contributed by atoms with van der Waals surface area (Å²) in [7, 11) is 0. The van der Waals surface area contributed by atoms with Crippen molar-refractivity contribution in [2.24, 2.45) is 0 Å². The van der Waals surface area contributed by atoms with Crippen LogP contribution in [0.3, 0.4) is 0 Å². The van der Waals surface area contributed by atoms with Gasteiger partial charge in [-0.15, -0.1) is 11.3 Å². The molecule has 17 heavy (non-hydrogen) atoms. The molecule has 0 fully saturated rings. The van der Waals surface area contributed by atoms with Gasteiger partial charge < -0.3 is 0 Å². The Morgan fingerprint density at radius 3 is 2.59 bits per heavy atom. The summed E-state index contributed by atoms with van der Waals surface area (Å²) >= 11 is 12.0. The van der Waals surface area contributed by atoms with Crippen molar-refractivity contribution in [3.05, 3.63) is 39.9 Å². The summed E-state index contributed by atoms with van der Waals surface area (Å²) in [5.74, 6) is 0.764. The lowest BCUT2D eigenvalue weighted by molar-refractivity contribution is 0.885. The molecule has 0 bridgehead atoms. The first-order chi connectivity index (χ1) is 8.24. The fourth-order valence-electron chi connectivity index (χ4n) is 1.65. The van der Waals surface area contributed by atoms with Crippen molar-refractivity contribution in [1.82, 2.24) is 4.98 Å². The standard InChI is InChI=1S/C13H14ClNS2/c1-2-3-11-12(8-16)17-13(15-11)9-4-6-10(14)7-5-9/h4-7,16H,2-3,8H2,1H3. The zero-order valence-corrected chi connectivity index (χ0v) is 12.1. The number of nitrogens with zero attached hydrogens (tertiary/aromatic N) is 1. The number of thiol groups is 1. The van der Waals surface area contributed by atoms with E-state index in [2.05, 4.69) is 19.6 Å². The molecule has 0 atom stereocenters. The first-order valence-corrected chi connectivity index (χ1v) is 7.42. The van der Waals surface area contributed by atoms with E-state index in [0.29, 0.717) is 0 Å². The molecule has 0 amide bonds. The molecule has 4 heteroatoms. The number of hydrogen-bond donors (Lipinski definition) is 1. The average molecular weight is 284 g/mol. The van der Waals surface area contributed by atoms with Crippen molar-refractivity contribution in [2.45, 2.75) is 25.5 Å². The van der Waals surface area contributed by atoms with E-state index in [9.17, 15) is 0 Å². The summed E-state index contributed by atoms with van der Waals surface area (Å²) in [6, 6.07) is 7.83. The van der Waals surface area contributed by atoms with E-state index in [-0.39, 0.29) is 0 Å². The molecular formula is C13H14ClNS2. The summed E-state index contributed by atoms with van der Waals surface area (Å²) in [6.45, 7) is 2.17. The van der Waals surface area contributed by atoms with E-state index < -0.39 is 0 Å². The Morgan fingerprint density at radius 2 is 2.00 bits per heavy atom. The number of halogens is 1. The second-order valence-corrected chi connectivity index (χ2v) is 5.64. The lowest BCUT2D eigenvalue weighted by Gasteiger charge is -1.95. The molecule has 0 saturated carbocycles. The van der Waals surface area contributed by atoms with Gasteiger partial charge in [-0.05, 0) is 18.6 Å². The Kier molecular flexibility index (Phi) is 4.48. The normalized spacial score (nSPS) is 10.8. The van der Waals surface area contributed by atoms with Crippen LogP contribution in [0.25, 0.3) is 10.6 Å². The molecule has 1 aromatic heterocycles. The monoisotopic (exact) mass is 283 g/mol. The number of aromatic nitrogens is 1. The predicted molar refractivity (Wildman–Crippen MR) is 79.2 cm³/mol. The molecule has 90 valence electrons. The molecule has 1 aromatic carbocycles. The minimum absolute atomic E-state index is 0.758. The van der Waals surface area contributed by atoms with Crippen LogP contribution in [0.5, 0.6) is 0 Å². The van der Waals surface area contributed by atoms with Gasteiger partial charge >= 0.3 is 0 Å². The molecule has 1 heterocycles. The molecule has 0 radical (unpaired) electrons. The first-order valence-electron chi connectivity index (χ1n) is 5.60. The van der Waals surface area contributed by atoms with Gasteiger partial charge in [-0.1, -0.05) is 37.1 Å². The molecule has 0 unspecified atom stereocenters. The van der Waals surface area contributed by atoms with Crippen LogP contribution in [0, 0.1) is 0 Å². The molecule has 0 spiro atoms. The van der Waals surface area contributed by atoms with Crippen LogP contribution in [0.1, 0.15) is 23.9 Å². The minimum Gasteiger partial charge on any atom is -0.241 e. The van der Waals surface area contributed by atoms with Gasteiger partial charge in [-0.25, -0.2) is 4.98 Å². The average Bonchev–Trinajstić information content (AvgIpc) is 2.74. The highest BCUT2D eigenvalue weighted by Crippen LogP contribution is 2.30. The fraction of sp³-hybridized carbons (Fsp3) is 0.308. The summed E-state index contributed by atoms with van der Waals surface area (Å²) in [5, 5.41) is 1.82. The molecule has 1 nitrogen and oxygen atoms in total. The third-order valence-electron chi connectivity index (χ3n) is 2.50. The van der Waals surface area contributed by atoms with E-state index in [1.54, 1.807) is 11.3 Å². The van der Waals surface area contributed by atoms with Crippen LogP contribution in [-0.2, 0) is 12.2 Å². The smallest absolute Gasteiger partial charge is 0.123 e. The fourth-order valence-corrected chi connectivity index (χ4v) is 3.13. The predicted octanol–water partition coefficient (Wildman–Crippen LogP) is 4.85. The molecule has 0 aliphatic rings. The van der Waals surface area contributed by atoms with E-state index in [1.165, 1.54) is 10.6 Å². The lowest BCUT2D eigenvalue weighted by atomic mass is 10.2. The lowest BCUT2D eigenvalue weighted by Crippen LogP contribution is -1.87. The molecule has 0 saturated heterocycles. The van der Waals surface area contributed by atoms with Crippen LogP contribution >= 0.6 is 35.6 Å². The van der Waals surface area contributed by atoms with Gasteiger partial charge in [0.25, 0.3) is 0 Å². The van der Waals surface area contributed by atoms with E-state index in [0.717, 1.165) is 34.2 Å². The number of thiazole rings is 1. The van der Waals surface area contributed by atoms with E-state index in [4.69, 9.17) is 16.6 Å². The number of hydrogen-bond acceptors (Lipinski definition) is 3. The molecule has 0 aliphatic heterocycles. The van der Waals surface area contributed by atoms with Crippen molar-refractivity contribution < 1.29 is 0 Å². The van der Waals surface area contributed by atoms with Crippen molar-refractivity contribution in [3.63, 3.8) is 0 Å². The van der Waals surface area contributed by atoms with Crippen LogP contribution in [0.15, 0.2) is 24.3 Å². The maximum absolute atomic E-state index is 5.88. The second-order valence-electron chi connectivity index (χ2n) is 3.80. The van der Waals surface area contributed by atoms with Crippen molar-refractivity contribution in [2.75, 3.05) is 0 Å². The van der Waals surface area contributed by atoms with Gasteiger partial charge in [0, 0.05) is 21.2 Å². The van der Waals surface area contributed by atoms with Crippen molar-refractivity contribution >= 4 is 35.6 Å². The van der Waals surface area contributed by atoms with Gasteiger partial charge in [0.05, 0.1) is 5.69 Å². The third kappa shape index (κ3) is 3.03. The second kappa shape index (κ2) is 5.89. The number of rotatable bonds is 4. The van der Waals surface area contributed by atoms with Crippen LogP contribution in [-0.4, -0.2) is 4.98 Å². The Labute approximate surface area is 116 Å². The van der Waals surface area contributed by atoms with E-state index in [1.807, 2.05) is 24.3 Å². The molecule has 2 aromatic rings. The molecule has 0 N–H and O–H groups in total. The zero-order valence-electron chi connectivity index (χ0n) is 9.61. The van der Waals surface area contributed by atoms with Gasteiger partial charge in [0.1, 0.15) is 5.01 Å². The number of aryl methyl sites for hydroxylation is 1. The maximum atomic E-state index is 5.88. The van der Waals surface area contributed by atoms with Crippen LogP contribution < -0.4 is 0 Å². The SMILES string of the molecule is CCCc1nc(-c2ccc(Cl)cc2)sc1CS. The largest absolute Gasteiger partial charge is 0.241 e. The highest BCUT2D eigenvalue weighted by molar-refractivity contribution is 7.79. The summed E-state index contributed by atoms with van der Waals surface area (Å²) in [4.78, 5) is 5.98. The Balaban J connectivity index is 2.35. The quantitative estimate of drug-likeness (QED) is 0.792. The highest BCUT2D eigenvalue weighted by atomic mass is 35.5. The summed E-state index contributed by atoms with van der Waals surface area (Å²) < 4.78 is 0. The third-order valence-corrected chi connectivity index (χ3v) is 4.43. The molecular weight excluding hydrogens is 270 g/mol. The summed E-state index contributed by atoms with van der Waals surface area (Å²) in [6.07, 6.45) is 2.14. The maximum Gasteiger partial charge on any atom is 0.123 e. The molecule has 2 rings (SSSR count). The number of benzene rings is 1. The van der Waals surface area contributed by atoms with Crippen molar-refractivity contribution in [1.29, 1.82) is 0 Å². The van der Waals surface area contributed by atoms with Crippen molar-refractivity contribution in [3.8, 4) is 10.6 Å². The zero-order chi connectivity index (χ0) is 12.3. The molecule has 0 aliphatic carbocycles. The van der Waals surface area contributed by atoms with Gasteiger partial charge in [0.2, 0.25) is 0 Å². The van der Waals surface area contributed by atoms with E-state index >= 15 is 0 Å². The first kappa shape index (κ1) is 12.9. The Morgan fingerprint density at radius 1 is 1.29 bits per heavy atom. The van der Waals surface area contributed by atoms with Gasteiger partial charge in [-0.2, -0.15) is 12.6 Å².